The first-order valence-corrected chi connectivity index (χ1v) is 11.3. The van der Waals surface area contributed by atoms with Gasteiger partial charge < -0.3 is 0 Å². The predicted octanol–water partition coefficient (Wildman–Crippen LogP) is 10.8. The second-order valence-electron chi connectivity index (χ2n) is 5.76. The summed E-state index contributed by atoms with van der Waals surface area (Å²) in [5, 5.41) is 0. The Bertz CT molecular complexity index is 94.6. The average molecular weight is 351 g/mol. The van der Waals surface area contributed by atoms with Gasteiger partial charge in [0, 0.05) is 0 Å². The maximum absolute atomic E-state index is 2.30. The molecule has 0 aliphatic rings. The molecule has 0 radical (unpaired) electrons. The van der Waals surface area contributed by atoms with Gasteiger partial charge in [-0.25, -0.2) is 0 Å². The molecule has 0 bridgehead atoms. The van der Waals surface area contributed by atoms with Gasteiger partial charge in [0.25, 0.3) is 0 Å². The highest BCUT2D eigenvalue weighted by Crippen LogP contribution is 2.22. The van der Waals surface area contributed by atoms with Gasteiger partial charge in [-0.2, -0.15) is 0 Å². The molecular weight excluding hydrogens is 288 g/mol. The van der Waals surface area contributed by atoms with Crippen LogP contribution in [0.15, 0.2) is 0 Å². The molecule has 24 heavy (non-hydrogen) atoms. The molecule has 0 spiro atoms. The molecule has 0 amide bonds. The second kappa shape index (κ2) is 56.8. The van der Waals surface area contributed by atoms with Crippen LogP contribution in [0.3, 0.4) is 0 Å². The lowest BCUT2D eigenvalue weighted by Crippen LogP contribution is -2.05. The minimum Gasteiger partial charge on any atom is -0.0683 e. The Morgan fingerprint density at radius 2 is 0.792 bits per heavy atom. The summed E-state index contributed by atoms with van der Waals surface area (Å²) in [7, 11) is 0. The van der Waals surface area contributed by atoms with Crippen LogP contribution in [-0.4, -0.2) is 0 Å². The van der Waals surface area contributed by atoms with Gasteiger partial charge in [0.1, 0.15) is 0 Å². The summed E-state index contributed by atoms with van der Waals surface area (Å²) < 4.78 is 0. The molecule has 0 aliphatic heterocycles. The molecule has 0 heterocycles. The normalized spacial score (nSPS) is 7.75. The molecule has 0 saturated carbocycles. The average Bonchev–Trinajstić information content (AvgIpc) is 2.63. The third-order valence-corrected chi connectivity index (χ3v) is 2.78. The summed E-state index contributed by atoms with van der Waals surface area (Å²) >= 11 is 0. The topological polar surface area (TPSA) is 0 Å². The fourth-order valence-electron chi connectivity index (χ4n) is 0.827. The Hall–Kier alpha value is 0. The Kier molecular flexibility index (Phi) is 104. The van der Waals surface area contributed by atoms with Gasteiger partial charge >= 0.3 is 0 Å². The van der Waals surface area contributed by atoms with E-state index in [1.54, 1.807) is 0 Å². The molecule has 0 aliphatic carbocycles. The fraction of sp³-hybridized carbons (Fsp3) is 1.00. The number of rotatable bonds is 4. The van der Waals surface area contributed by atoms with Crippen molar-refractivity contribution >= 4 is 0 Å². The molecule has 0 aromatic heterocycles. The van der Waals surface area contributed by atoms with Crippen LogP contribution in [0.5, 0.6) is 0 Å². The largest absolute Gasteiger partial charge is 0.0683 e. The molecular formula is C24H62. The SMILES string of the molecule is CC.CC.CC.CC.CCC.CCC(C)(C)CC.CCCC(C)C. The molecule has 0 rings (SSSR count). The smallest absolute Gasteiger partial charge is 0.0359 e. The maximum Gasteiger partial charge on any atom is -0.0359 e. The van der Waals surface area contributed by atoms with Crippen LogP contribution in [0.2, 0.25) is 0 Å². The number of hydrogen-bond donors (Lipinski definition) is 0. The number of hydrogen-bond acceptors (Lipinski definition) is 0. The molecule has 0 nitrogen and oxygen atoms in total. The van der Waals surface area contributed by atoms with Crippen molar-refractivity contribution in [2.75, 3.05) is 0 Å². The van der Waals surface area contributed by atoms with E-state index in [9.17, 15) is 0 Å². The lowest BCUT2D eigenvalue weighted by molar-refractivity contribution is 0.338. The quantitative estimate of drug-likeness (QED) is 0.472. The van der Waals surface area contributed by atoms with Crippen LogP contribution in [0.1, 0.15) is 150 Å². The van der Waals surface area contributed by atoms with Crippen LogP contribution in [-0.2, 0) is 0 Å². The summed E-state index contributed by atoms with van der Waals surface area (Å²) in [4.78, 5) is 0. The molecule has 158 valence electrons. The standard InChI is InChI=1S/C7H16.C6H14.C3H8.4C2H6/c1-5-7(3,4)6-2;1-4-5-6(2)3;1-3-2;4*1-2/h5-6H2,1-4H3;6H,4-5H2,1-3H3;3H2,1-2H3;4*1-2H3. The molecule has 0 fully saturated rings. The first-order chi connectivity index (χ1) is 11.3. The van der Waals surface area contributed by atoms with Crippen molar-refractivity contribution in [1.82, 2.24) is 0 Å². The van der Waals surface area contributed by atoms with Crippen LogP contribution in [0.25, 0.3) is 0 Å². The Morgan fingerprint density at radius 3 is 0.792 bits per heavy atom. The van der Waals surface area contributed by atoms with Crippen molar-refractivity contribution in [3.05, 3.63) is 0 Å². The zero-order valence-corrected chi connectivity index (χ0v) is 21.6. The molecule has 0 saturated heterocycles. The first kappa shape index (κ1) is 43.9. The van der Waals surface area contributed by atoms with E-state index in [-0.39, 0.29) is 0 Å². The summed E-state index contributed by atoms with van der Waals surface area (Å²) in [6.45, 7) is 36.1. The highest BCUT2D eigenvalue weighted by atomic mass is 14.1. The zero-order valence-electron chi connectivity index (χ0n) is 21.6. The van der Waals surface area contributed by atoms with Gasteiger partial charge in [0.2, 0.25) is 0 Å². The first-order valence-electron chi connectivity index (χ1n) is 11.3. The molecule has 0 unspecified atom stereocenters. The van der Waals surface area contributed by atoms with Crippen molar-refractivity contribution in [3.63, 3.8) is 0 Å². The molecule has 0 N–H and O–H groups in total. The van der Waals surface area contributed by atoms with Crippen molar-refractivity contribution in [2.45, 2.75) is 150 Å². The van der Waals surface area contributed by atoms with Gasteiger partial charge in [-0.05, 0) is 11.3 Å². The highest BCUT2D eigenvalue weighted by Gasteiger charge is 2.09. The molecule has 0 atom stereocenters. The van der Waals surface area contributed by atoms with Crippen molar-refractivity contribution in [3.8, 4) is 0 Å². The molecule has 0 aromatic rings. The minimum absolute atomic E-state index is 0.583. The Balaban J connectivity index is -0.0000000309. The van der Waals surface area contributed by atoms with Gasteiger partial charge in [-0.3, -0.25) is 0 Å². The predicted molar refractivity (Wildman–Crippen MR) is 125 cm³/mol. The Morgan fingerprint density at radius 1 is 0.583 bits per heavy atom. The van der Waals surface area contributed by atoms with E-state index in [0.717, 1.165) is 5.92 Å². The second-order valence-corrected chi connectivity index (χ2v) is 5.76. The summed E-state index contributed by atoms with van der Waals surface area (Å²) in [5.74, 6) is 0.898. The summed E-state index contributed by atoms with van der Waals surface area (Å²) in [6, 6.07) is 0. The van der Waals surface area contributed by atoms with Gasteiger partial charge in [0.15, 0.2) is 0 Å². The van der Waals surface area contributed by atoms with Gasteiger partial charge in [-0.15, -0.1) is 0 Å². The third kappa shape index (κ3) is 120. The van der Waals surface area contributed by atoms with Crippen LogP contribution in [0.4, 0.5) is 0 Å². The van der Waals surface area contributed by atoms with Crippen molar-refractivity contribution < 1.29 is 0 Å². The lowest BCUT2D eigenvalue weighted by Gasteiger charge is -2.18. The van der Waals surface area contributed by atoms with Gasteiger partial charge in [-0.1, -0.05) is 150 Å². The van der Waals surface area contributed by atoms with E-state index in [4.69, 9.17) is 0 Å². The summed E-state index contributed by atoms with van der Waals surface area (Å²) in [5.41, 5.74) is 0.583. The molecule has 0 heteroatoms. The van der Waals surface area contributed by atoms with E-state index in [1.165, 1.54) is 32.1 Å². The lowest BCUT2D eigenvalue weighted by atomic mass is 9.88. The zero-order chi connectivity index (χ0) is 21.6. The van der Waals surface area contributed by atoms with E-state index < -0.39 is 0 Å². The van der Waals surface area contributed by atoms with E-state index in [0.29, 0.717) is 5.41 Å². The van der Waals surface area contributed by atoms with Crippen LogP contribution < -0.4 is 0 Å². The van der Waals surface area contributed by atoms with E-state index >= 15 is 0 Å². The molecule has 0 aromatic carbocycles. The highest BCUT2D eigenvalue weighted by molar-refractivity contribution is 4.61. The van der Waals surface area contributed by atoms with Gasteiger partial charge in [0.05, 0.1) is 0 Å². The van der Waals surface area contributed by atoms with E-state index in [2.05, 4.69) is 62.3 Å². The minimum atomic E-state index is 0.583. The van der Waals surface area contributed by atoms with Crippen LogP contribution in [0, 0.1) is 11.3 Å². The van der Waals surface area contributed by atoms with E-state index in [1.807, 2.05) is 55.4 Å². The third-order valence-electron chi connectivity index (χ3n) is 2.78. The summed E-state index contributed by atoms with van der Waals surface area (Å²) in [6.07, 6.45) is 6.55. The van der Waals surface area contributed by atoms with Crippen LogP contribution >= 0.6 is 0 Å². The monoisotopic (exact) mass is 350 g/mol. The maximum atomic E-state index is 2.30. The van der Waals surface area contributed by atoms with Crippen molar-refractivity contribution in [1.29, 1.82) is 0 Å². The fourth-order valence-corrected chi connectivity index (χ4v) is 0.827. The van der Waals surface area contributed by atoms with Crippen molar-refractivity contribution in [2.24, 2.45) is 11.3 Å². The Labute approximate surface area is 161 Å².